The van der Waals surface area contributed by atoms with Crippen molar-refractivity contribution in [2.24, 2.45) is 5.92 Å². The molecule has 0 atom stereocenters. The van der Waals surface area contributed by atoms with E-state index in [9.17, 15) is 13.2 Å². The Kier molecular flexibility index (Phi) is 6.86. The molecule has 1 aliphatic rings. The predicted octanol–water partition coefficient (Wildman–Crippen LogP) is 2.78. The van der Waals surface area contributed by atoms with Gasteiger partial charge in [0.2, 0.25) is 15.9 Å². The highest BCUT2D eigenvalue weighted by atomic mass is 79.9. The fourth-order valence-corrected chi connectivity index (χ4v) is 5.73. The topological polar surface area (TPSA) is 98.1 Å². The number of halogens is 1. The maximum atomic E-state index is 13.1. The molecule has 3 rings (SSSR count). The smallest absolute Gasteiger partial charge is 0.244 e. The van der Waals surface area contributed by atoms with Crippen molar-refractivity contribution in [3.63, 3.8) is 0 Å². The van der Waals surface area contributed by atoms with E-state index in [0.29, 0.717) is 41.1 Å². The van der Waals surface area contributed by atoms with Crippen molar-refractivity contribution in [1.29, 1.82) is 0 Å². The van der Waals surface area contributed by atoms with E-state index in [-0.39, 0.29) is 29.8 Å². The quantitative estimate of drug-likeness (QED) is 0.645. The molecule has 158 valence electrons. The van der Waals surface area contributed by atoms with E-state index in [1.54, 1.807) is 24.5 Å². The van der Waals surface area contributed by atoms with Gasteiger partial charge in [-0.25, -0.2) is 8.42 Å². The number of benzene rings is 1. The summed E-state index contributed by atoms with van der Waals surface area (Å²) in [4.78, 5) is 12.5. The van der Waals surface area contributed by atoms with Gasteiger partial charge in [0, 0.05) is 29.5 Å². The highest BCUT2D eigenvalue weighted by Crippen LogP contribution is 2.37. The normalized spacial score (nSPS) is 15.8. The number of rotatable bonds is 7. The van der Waals surface area contributed by atoms with E-state index in [4.69, 9.17) is 13.9 Å². The number of carbonyl (C=O) groups is 1. The lowest BCUT2D eigenvalue weighted by Gasteiger charge is -2.31. The number of hydrogen-bond donors (Lipinski definition) is 1. The van der Waals surface area contributed by atoms with Crippen LogP contribution in [0.3, 0.4) is 0 Å². The van der Waals surface area contributed by atoms with Crippen molar-refractivity contribution in [1.82, 2.24) is 9.62 Å². The fourth-order valence-electron chi connectivity index (χ4n) is 3.26. The van der Waals surface area contributed by atoms with Crippen LogP contribution in [0.5, 0.6) is 11.5 Å². The third-order valence-corrected chi connectivity index (χ3v) is 7.75. The highest BCUT2D eigenvalue weighted by Gasteiger charge is 2.33. The summed E-state index contributed by atoms with van der Waals surface area (Å²) in [6, 6.07) is 6.56. The van der Waals surface area contributed by atoms with E-state index in [1.165, 1.54) is 24.6 Å². The number of ether oxygens (including phenoxy) is 2. The van der Waals surface area contributed by atoms with Crippen LogP contribution in [0.15, 0.2) is 44.3 Å². The summed E-state index contributed by atoms with van der Waals surface area (Å²) >= 11 is 3.31. The second-order valence-corrected chi connectivity index (χ2v) is 9.37. The number of amides is 1. The molecule has 1 aromatic heterocycles. The minimum absolute atomic E-state index is 0.0919. The van der Waals surface area contributed by atoms with Crippen LogP contribution in [-0.2, 0) is 21.4 Å². The molecule has 0 bridgehead atoms. The zero-order chi connectivity index (χ0) is 21.0. The third kappa shape index (κ3) is 4.76. The first-order chi connectivity index (χ1) is 13.9. The second kappa shape index (κ2) is 9.19. The first-order valence-electron chi connectivity index (χ1n) is 9.08. The Morgan fingerprint density at radius 2 is 1.90 bits per heavy atom. The number of piperidine rings is 1. The summed E-state index contributed by atoms with van der Waals surface area (Å²) < 4.78 is 43.7. The van der Waals surface area contributed by atoms with Gasteiger partial charge in [0.1, 0.15) is 10.7 Å². The molecule has 1 fully saturated rings. The number of carbonyl (C=O) groups excluding carboxylic acids is 1. The van der Waals surface area contributed by atoms with Gasteiger partial charge in [-0.05, 0) is 47.0 Å². The van der Waals surface area contributed by atoms with E-state index in [2.05, 4.69) is 21.2 Å². The molecule has 0 aliphatic carbocycles. The summed E-state index contributed by atoms with van der Waals surface area (Å²) in [6.45, 7) is 0.854. The Morgan fingerprint density at radius 1 is 1.24 bits per heavy atom. The fraction of sp³-hybridized carbons (Fsp3) is 0.421. The van der Waals surface area contributed by atoms with Crippen LogP contribution in [-0.4, -0.2) is 45.9 Å². The van der Waals surface area contributed by atoms with E-state index in [0.717, 1.165) is 0 Å². The van der Waals surface area contributed by atoms with Gasteiger partial charge in [0.15, 0.2) is 11.5 Å². The number of methoxy groups -OCH3 is 2. The average Bonchev–Trinajstić information content (AvgIpc) is 3.25. The number of nitrogens with one attached hydrogen (secondary N) is 1. The predicted molar refractivity (Wildman–Crippen MR) is 109 cm³/mol. The largest absolute Gasteiger partial charge is 0.493 e. The summed E-state index contributed by atoms with van der Waals surface area (Å²) in [5.41, 5.74) is 0. The lowest BCUT2D eigenvalue weighted by Crippen LogP contribution is -2.42. The average molecular weight is 487 g/mol. The maximum Gasteiger partial charge on any atom is 0.244 e. The molecular formula is C19H23BrN2O6S. The minimum Gasteiger partial charge on any atom is -0.493 e. The van der Waals surface area contributed by atoms with Crippen molar-refractivity contribution in [2.75, 3.05) is 27.3 Å². The first-order valence-corrected chi connectivity index (χ1v) is 11.3. The van der Waals surface area contributed by atoms with Crippen molar-refractivity contribution in [3.8, 4) is 11.5 Å². The van der Waals surface area contributed by atoms with Gasteiger partial charge in [-0.15, -0.1) is 0 Å². The van der Waals surface area contributed by atoms with Gasteiger partial charge in [0.05, 0.1) is 27.0 Å². The summed E-state index contributed by atoms with van der Waals surface area (Å²) in [7, 11) is -0.803. The van der Waals surface area contributed by atoms with Crippen LogP contribution in [0, 0.1) is 5.92 Å². The molecule has 0 radical (unpaired) electrons. The Hall–Kier alpha value is -2.04. The molecule has 1 saturated heterocycles. The van der Waals surface area contributed by atoms with Crippen LogP contribution in [0.4, 0.5) is 0 Å². The molecule has 1 aromatic carbocycles. The van der Waals surface area contributed by atoms with E-state index in [1.807, 2.05) is 0 Å². The van der Waals surface area contributed by atoms with Gasteiger partial charge < -0.3 is 19.2 Å². The summed E-state index contributed by atoms with van der Waals surface area (Å²) in [6.07, 6.45) is 2.46. The number of furan rings is 1. The molecule has 0 spiro atoms. The highest BCUT2D eigenvalue weighted by molar-refractivity contribution is 9.10. The van der Waals surface area contributed by atoms with Crippen LogP contribution in [0.2, 0.25) is 0 Å². The molecule has 0 unspecified atom stereocenters. The number of hydrogen-bond acceptors (Lipinski definition) is 6. The van der Waals surface area contributed by atoms with Crippen LogP contribution in [0.25, 0.3) is 0 Å². The second-order valence-electron chi connectivity index (χ2n) is 6.61. The molecule has 10 heteroatoms. The lowest BCUT2D eigenvalue weighted by atomic mass is 9.97. The molecular weight excluding hydrogens is 464 g/mol. The van der Waals surface area contributed by atoms with Crippen molar-refractivity contribution < 1.29 is 27.1 Å². The van der Waals surface area contributed by atoms with Gasteiger partial charge >= 0.3 is 0 Å². The Morgan fingerprint density at radius 3 is 2.48 bits per heavy atom. The van der Waals surface area contributed by atoms with Crippen LogP contribution < -0.4 is 14.8 Å². The van der Waals surface area contributed by atoms with Crippen molar-refractivity contribution in [2.45, 2.75) is 24.3 Å². The molecule has 1 amide bonds. The standard InChI is InChI=1S/C19H23BrN2O6S/c1-26-16-10-15(20)18(11-17(16)27-2)29(24,25)22-7-5-13(6-8-22)19(23)21-12-14-4-3-9-28-14/h3-4,9-11,13H,5-8,12H2,1-2H3,(H,21,23). The number of nitrogens with zero attached hydrogens (tertiary/aromatic N) is 1. The van der Waals surface area contributed by atoms with Gasteiger partial charge in [-0.3, -0.25) is 4.79 Å². The lowest BCUT2D eigenvalue weighted by molar-refractivity contribution is -0.126. The summed E-state index contributed by atoms with van der Waals surface area (Å²) in [5, 5.41) is 2.84. The molecule has 1 aliphatic heterocycles. The SMILES string of the molecule is COc1cc(Br)c(S(=O)(=O)N2CCC(C(=O)NCc3ccco3)CC2)cc1OC. The maximum absolute atomic E-state index is 13.1. The molecule has 2 heterocycles. The summed E-state index contributed by atoms with van der Waals surface area (Å²) in [5.74, 6) is 1.12. The van der Waals surface area contributed by atoms with Crippen molar-refractivity contribution in [3.05, 3.63) is 40.8 Å². The van der Waals surface area contributed by atoms with E-state index >= 15 is 0 Å². The molecule has 0 saturated carbocycles. The minimum atomic E-state index is -3.74. The van der Waals surface area contributed by atoms with Crippen LogP contribution in [0.1, 0.15) is 18.6 Å². The van der Waals surface area contributed by atoms with Gasteiger partial charge in [-0.1, -0.05) is 0 Å². The molecule has 2 aromatic rings. The van der Waals surface area contributed by atoms with Gasteiger partial charge in [-0.2, -0.15) is 4.31 Å². The Bertz CT molecular complexity index is 953. The Labute approximate surface area is 178 Å². The zero-order valence-electron chi connectivity index (χ0n) is 16.2. The van der Waals surface area contributed by atoms with Gasteiger partial charge in [0.25, 0.3) is 0 Å². The Balaban J connectivity index is 1.66. The molecule has 29 heavy (non-hydrogen) atoms. The first kappa shape index (κ1) is 21.7. The molecule has 1 N–H and O–H groups in total. The number of sulfonamides is 1. The zero-order valence-corrected chi connectivity index (χ0v) is 18.6. The van der Waals surface area contributed by atoms with Crippen molar-refractivity contribution >= 4 is 31.9 Å². The van der Waals surface area contributed by atoms with E-state index < -0.39 is 10.0 Å². The van der Waals surface area contributed by atoms with Crippen LogP contribution >= 0.6 is 15.9 Å². The molecule has 8 nitrogen and oxygen atoms in total. The monoisotopic (exact) mass is 486 g/mol. The third-order valence-electron chi connectivity index (χ3n) is 4.90.